The van der Waals surface area contributed by atoms with Crippen molar-refractivity contribution in [2.45, 2.75) is 19.8 Å². The second-order valence-electron chi connectivity index (χ2n) is 4.40. The van der Waals surface area contributed by atoms with E-state index >= 15 is 0 Å². The molecule has 0 saturated carbocycles. The van der Waals surface area contributed by atoms with Crippen LogP contribution in [0, 0.1) is 31.0 Å². The van der Waals surface area contributed by atoms with Gasteiger partial charge in [-0.1, -0.05) is 23.7 Å². The normalized spacial score (nSPS) is 11.9. The first-order valence-electron chi connectivity index (χ1n) is 5.90. The zero-order valence-electron chi connectivity index (χ0n) is 10.9. The standard InChI is InChI=1S/C15H11ClFNO2/c1-8-6-11(9(2)20-8)15(19)12(7-18)10-4-3-5-13(16)14(10)17/h3-6,12H,1-2H3. The Morgan fingerprint density at radius 1 is 1.45 bits per heavy atom. The van der Waals surface area contributed by atoms with Crippen LogP contribution in [0.2, 0.25) is 5.02 Å². The van der Waals surface area contributed by atoms with Crippen molar-refractivity contribution in [1.82, 2.24) is 0 Å². The lowest BCUT2D eigenvalue weighted by Gasteiger charge is -2.09. The van der Waals surface area contributed by atoms with Gasteiger partial charge in [0.25, 0.3) is 0 Å². The molecule has 0 spiro atoms. The Bertz CT molecular complexity index is 715. The van der Waals surface area contributed by atoms with Crippen molar-refractivity contribution in [3.8, 4) is 6.07 Å². The molecule has 1 unspecified atom stereocenters. The fourth-order valence-corrected chi connectivity index (χ4v) is 2.23. The van der Waals surface area contributed by atoms with Crippen molar-refractivity contribution < 1.29 is 13.6 Å². The molecule has 0 aliphatic rings. The van der Waals surface area contributed by atoms with E-state index in [2.05, 4.69) is 0 Å². The van der Waals surface area contributed by atoms with Crippen LogP contribution >= 0.6 is 11.6 Å². The maximum Gasteiger partial charge on any atom is 0.188 e. The number of ketones is 1. The molecule has 1 aromatic heterocycles. The van der Waals surface area contributed by atoms with E-state index in [9.17, 15) is 14.4 Å². The van der Waals surface area contributed by atoms with Gasteiger partial charge in [-0.15, -0.1) is 0 Å². The highest BCUT2D eigenvalue weighted by molar-refractivity contribution is 6.30. The molecule has 0 N–H and O–H groups in total. The molecular formula is C15H11ClFNO2. The number of hydrogen-bond acceptors (Lipinski definition) is 3. The fourth-order valence-electron chi connectivity index (χ4n) is 2.04. The number of carbonyl (C=O) groups excluding carboxylic acids is 1. The van der Waals surface area contributed by atoms with Crippen LogP contribution in [0.3, 0.4) is 0 Å². The smallest absolute Gasteiger partial charge is 0.188 e. The molecule has 0 aliphatic carbocycles. The third-order valence-electron chi connectivity index (χ3n) is 2.99. The number of carbonyl (C=O) groups is 1. The molecule has 0 bridgehead atoms. The minimum absolute atomic E-state index is 0.0248. The second-order valence-corrected chi connectivity index (χ2v) is 4.80. The van der Waals surface area contributed by atoms with Gasteiger partial charge in [-0.05, 0) is 26.0 Å². The first kappa shape index (κ1) is 14.3. The maximum atomic E-state index is 14.0. The van der Waals surface area contributed by atoms with Gasteiger partial charge in [-0.25, -0.2) is 4.39 Å². The number of nitrogens with zero attached hydrogens (tertiary/aromatic N) is 1. The summed E-state index contributed by atoms with van der Waals surface area (Å²) in [6.07, 6.45) is 0. The summed E-state index contributed by atoms with van der Waals surface area (Å²) >= 11 is 5.69. The first-order valence-corrected chi connectivity index (χ1v) is 6.28. The summed E-state index contributed by atoms with van der Waals surface area (Å²) in [7, 11) is 0. The Labute approximate surface area is 120 Å². The van der Waals surface area contributed by atoms with Crippen molar-refractivity contribution >= 4 is 17.4 Å². The van der Waals surface area contributed by atoms with E-state index in [0.29, 0.717) is 11.5 Å². The quantitative estimate of drug-likeness (QED) is 0.797. The minimum Gasteiger partial charge on any atom is -0.466 e. The van der Waals surface area contributed by atoms with E-state index in [0.717, 1.165) is 0 Å². The Morgan fingerprint density at radius 2 is 2.15 bits per heavy atom. The molecule has 0 aliphatic heterocycles. The van der Waals surface area contributed by atoms with Gasteiger partial charge in [-0.2, -0.15) is 5.26 Å². The molecule has 20 heavy (non-hydrogen) atoms. The van der Waals surface area contributed by atoms with Crippen molar-refractivity contribution in [3.63, 3.8) is 0 Å². The van der Waals surface area contributed by atoms with Gasteiger partial charge >= 0.3 is 0 Å². The van der Waals surface area contributed by atoms with Gasteiger partial charge in [0.1, 0.15) is 23.3 Å². The SMILES string of the molecule is Cc1cc(C(=O)C(C#N)c2cccc(Cl)c2F)c(C)o1. The number of furan rings is 1. The largest absolute Gasteiger partial charge is 0.466 e. The van der Waals surface area contributed by atoms with Gasteiger partial charge in [-0.3, -0.25) is 4.79 Å². The van der Waals surface area contributed by atoms with E-state index in [1.807, 2.05) is 6.07 Å². The zero-order valence-corrected chi connectivity index (χ0v) is 11.7. The van der Waals surface area contributed by atoms with Crippen molar-refractivity contribution in [2.75, 3.05) is 0 Å². The highest BCUT2D eigenvalue weighted by Crippen LogP contribution is 2.28. The lowest BCUT2D eigenvalue weighted by molar-refractivity contribution is 0.0976. The van der Waals surface area contributed by atoms with Crippen LogP contribution in [0.25, 0.3) is 0 Å². The number of hydrogen-bond donors (Lipinski definition) is 0. The van der Waals surface area contributed by atoms with Crippen LogP contribution in [-0.4, -0.2) is 5.78 Å². The van der Waals surface area contributed by atoms with Gasteiger partial charge in [0.15, 0.2) is 5.78 Å². The Morgan fingerprint density at radius 3 is 2.70 bits per heavy atom. The maximum absolute atomic E-state index is 14.0. The van der Waals surface area contributed by atoms with Crippen LogP contribution in [0.1, 0.15) is 33.4 Å². The molecule has 5 heteroatoms. The van der Waals surface area contributed by atoms with E-state index < -0.39 is 17.5 Å². The highest BCUT2D eigenvalue weighted by Gasteiger charge is 2.28. The molecule has 0 saturated heterocycles. The lowest BCUT2D eigenvalue weighted by Crippen LogP contribution is -2.13. The molecular weight excluding hydrogens is 281 g/mol. The number of Topliss-reactive ketones (excluding diaryl/α,β-unsaturated/α-hetero) is 1. The number of halogens is 2. The number of nitriles is 1. The summed E-state index contributed by atoms with van der Waals surface area (Å²) in [4.78, 5) is 12.4. The molecule has 0 fully saturated rings. The van der Waals surface area contributed by atoms with Gasteiger partial charge in [0.2, 0.25) is 0 Å². The predicted octanol–water partition coefficient (Wildman–Crippen LogP) is 4.18. The highest BCUT2D eigenvalue weighted by atomic mass is 35.5. The second kappa shape index (κ2) is 5.48. The number of benzene rings is 1. The number of aryl methyl sites for hydroxylation is 2. The van der Waals surface area contributed by atoms with Gasteiger partial charge < -0.3 is 4.42 Å². The summed E-state index contributed by atoms with van der Waals surface area (Å²) in [5.74, 6) is -1.51. The average Bonchev–Trinajstić information content (AvgIpc) is 2.74. The molecule has 2 rings (SSSR count). The molecule has 1 atom stereocenters. The number of rotatable bonds is 3. The average molecular weight is 292 g/mol. The van der Waals surface area contributed by atoms with Crippen LogP contribution in [-0.2, 0) is 0 Å². The van der Waals surface area contributed by atoms with Crippen LogP contribution in [0.5, 0.6) is 0 Å². The summed E-state index contributed by atoms with van der Waals surface area (Å²) < 4.78 is 19.2. The summed E-state index contributed by atoms with van der Waals surface area (Å²) in [6.45, 7) is 3.33. The van der Waals surface area contributed by atoms with E-state index in [4.69, 9.17) is 16.0 Å². The van der Waals surface area contributed by atoms with Crippen LogP contribution < -0.4 is 0 Å². The van der Waals surface area contributed by atoms with Gasteiger partial charge in [0.05, 0.1) is 16.7 Å². The molecule has 2 aromatic rings. The lowest BCUT2D eigenvalue weighted by atomic mass is 9.91. The predicted molar refractivity (Wildman–Crippen MR) is 72.3 cm³/mol. The zero-order chi connectivity index (χ0) is 14.9. The van der Waals surface area contributed by atoms with E-state index in [-0.39, 0.29) is 16.1 Å². The third-order valence-corrected chi connectivity index (χ3v) is 3.28. The summed E-state index contributed by atoms with van der Waals surface area (Å²) in [6, 6.07) is 7.63. The Balaban J connectivity index is 2.48. The fraction of sp³-hybridized carbons (Fsp3) is 0.200. The molecule has 0 amide bonds. The van der Waals surface area contributed by atoms with Crippen molar-refractivity contribution in [1.29, 1.82) is 5.26 Å². The summed E-state index contributed by atoms with van der Waals surface area (Å²) in [5, 5.41) is 9.10. The third kappa shape index (κ3) is 2.45. The van der Waals surface area contributed by atoms with Crippen LogP contribution in [0.4, 0.5) is 4.39 Å². The molecule has 102 valence electrons. The van der Waals surface area contributed by atoms with E-state index in [1.54, 1.807) is 19.9 Å². The minimum atomic E-state index is -1.25. The first-order chi connectivity index (χ1) is 9.45. The van der Waals surface area contributed by atoms with Crippen LogP contribution in [0.15, 0.2) is 28.7 Å². The molecule has 1 aromatic carbocycles. The molecule has 1 heterocycles. The molecule has 0 radical (unpaired) electrons. The van der Waals surface area contributed by atoms with Crippen molar-refractivity contribution in [2.24, 2.45) is 0 Å². The topological polar surface area (TPSA) is 54.0 Å². The monoisotopic (exact) mass is 291 g/mol. The Kier molecular flexibility index (Phi) is 3.91. The van der Waals surface area contributed by atoms with Gasteiger partial charge in [0, 0.05) is 5.56 Å². The Hall–Kier alpha value is -2.12. The van der Waals surface area contributed by atoms with Crippen molar-refractivity contribution in [3.05, 3.63) is 57.8 Å². The van der Waals surface area contributed by atoms with E-state index in [1.165, 1.54) is 18.2 Å². The molecule has 3 nitrogen and oxygen atoms in total. The summed E-state index contributed by atoms with van der Waals surface area (Å²) in [5.41, 5.74) is 0.261.